The highest BCUT2D eigenvalue weighted by Crippen LogP contribution is 2.42. The zero-order valence-corrected chi connectivity index (χ0v) is 45.0. The molecule has 4 aliphatic heterocycles. The minimum absolute atomic E-state index is 0.523. The van der Waals surface area contributed by atoms with E-state index in [1.165, 1.54) is 0 Å². The van der Waals surface area contributed by atoms with Crippen LogP contribution >= 0.6 is 0 Å². The van der Waals surface area contributed by atoms with Crippen molar-refractivity contribution in [1.29, 1.82) is 0 Å². The van der Waals surface area contributed by atoms with Crippen molar-refractivity contribution in [3.05, 3.63) is 206 Å². The van der Waals surface area contributed by atoms with Gasteiger partial charge < -0.3 is 19.9 Å². The summed E-state index contributed by atoms with van der Waals surface area (Å²) in [7, 11) is 0. The molecule has 0 saturated heterocycles. The fraction of sp³-hybridized carbons (Fsp3) is 0. The fourth-order valence-electron chi connectivity index (χ4n) is 12.5. The topological polar surface area (TPSA) is 218 Å². The molecule has 10 heterocycles. The molecule has 0 fully saturated rings. The van der Waals surface area contributed by atoms with Crippen LogP contribution in [0.25, 0.3) is 202 Å². The Morgan fingerprint density at radius 2 is 0.349 bits per heavy atom. The minimum atomic E-state index is 0.523. The standard InChI is InChI=1S/C70H38N16/c1-3-15-41-39(13-1)55-71-57(41)75-61-47-21-9-11-23-49(47)65(79-61)83-69-53-33-37(29-31-51(53)67(85-69)81-63-45-19-7-5-17-43(45)59(73-55)77-63)35-25-27-36(28-26-35)38-30-32-52-54(34-38)70-84-66-50-24-12-10-22-48(50)62(80-66)76-58-42-16-4-2-14-40(42)56(72-58)74-60-44-18-6-8-20-46(44)64(78-60)82-68(52)86-70/h1-34H,(H2,71,73,75,77,79,81,83,85)(H2,72,74,76,78,80,82,84,86). The van der Waals surface area contributed by atoms with Crippen LogP contribution in [0, 0.1) is 0 Å². The van der Waals surface area contributed by atoms with Crippen molar-refractivity contribution < 1.29 is 0 Å². The normalized spacial score (nSPS) is 12.2. The summed E-state index contributed by atoms with van der Waals surface area (Å²) in [4.78, 5) is 76.4. The van der Waals surface area contributed by atoms with Gasteiger partial charge in [0.25, 0.3) is 0 Å². The summed E-state index contributed by atoms with van der Waals surface area (Å²) in [6.45, 7) is 0. The molecule has 398 valence electrons. The molecule has 4 aliphatic rings. The molecule has 0 radical (unpaired) electrons. The van der Waals surface area contributed by atoms with Crippen molar-refractivity contribution in [2.75, 3.05) is 0 Å². The van der Waals surface area contributed by atoms with E-state index in [0.29, 0.717) is 91.8 Å². The number of hydrogen-bond acceptors (Lipinski definition) is 12. The molecule has 19 rings (SSSR count). The van der Waals surface area contributed by atoms with E-state index < -0.39 is 0 Å². The molecule has 9 aromatic carbocycles. The fourth-order valence-corrected chi connectivity index (χ4v) is 12.5. The van der Waals surface area contributed by atoms with Crippen molar-refractivity contribution in [1.82, 2.24) is 79.7 Å². The van der Waals surface area contributed by atoms with E-state index in [1.54, 1.807) is 0 Å². The monoisotopic (exact) mass is 1100 g/mol. The molecule has 0 atom stereocenters. The Bertz CT molecular complexity index is 5500. The van der Waals surface area contributed by atoms with Crippen LogP contribution in [0.3, 0.4) is 0 Å². The Balaban J connectivity index is 0.750. The Morgan fingerprint density at radius 1 is 0.163 bits per heavy atom. The lowest BCUT2D eigenvalue weighted by atomic mass is 9.96. The molecule has 0 saturated carbocycles. The highest BCUT2D eigenvalue weighted by atomic mass is 15.1. The van der Waals surface area contributed by atoms with E-state index >= 15 is 0 Å². The molecular formula is C70H38N16. The van der Waals surface area contributed by atoms with Gasteiger partial charge in [0, 0.05) is 87.6 Å². The molecule has 0 unspecified atom stereocenters. The number of aromatic nitrogens is 16. The first-order valence-corrected chi connectivity index (χ1v) is 28.1. The average Bonchev–Trinajstić information content (AvgIpc) is 2.14. The summed E-state index contributed by atoms with van der Waals surface area (Å²) in [6, 6.07) is 69.9. The van der Waals surface area contributed by atoms with Crippen LogP contribution in [0.5, 0.6) is 0 Å². The van der Waals surface area contributed by atoms with Gasteiger partial charge in [-0.1, -0.05) is 182 Å². The van der Waals surface area contributed by atoms with Crippen LogP contribution in [0.15, 0.2) is 206 Å². The number of benzene rings is 9. The SMILES string of the molecule is c1ccc2c(c1)-c1nc-2nc2[nH]c(nc3nc(nc4[nH]c(n1)c1ccccc41)-c1ccc(-c4ccc(-c5ccc6c(c5)-c5nc-6nc6[nH]c(nc7nc(nc8[nH]c(n5)c5ccccc85)-c5ccccc5-7)c5ccccc65)cc4)cc1-3)c1ccccc21. The molecule has 16 nitrogen and oxygen atoms in total. The van der Waals surface area contributed by atoms with Gasteiger partial charge in [0.05, 0.1) is 0 Å². The summed E-state index contributed by atoms with van der Waals surface area (Å²) in [5.74, 6) is 4.36. The highest BCUT2D eigenvalue weighted by Gasteiger charge is 2.26. The second-order valence-electron chi connectivity index (χ2n) is 21.6. The van der Waals surface area contributed by atoms with E-state index in [2.05, 4.69) is 80.6 Å². The smallest absolute Gasteiger partial charge is 0.164 e. The van der Waals surface area contributed by atoms with E-state index in [0.717, 1.165) is 110 Å². The number of nitrogens with zero attached hydrogens (tertiary/aromatic N) is 12. The lowest BCUT2D eigenvalue weighted by Gasteiger charge is -2.08. The van der Waals surface area contributed by atoms with Crippen LogP contribution in [-0.4, -0.2) is 79.7 Å². The largest absolute Gasteiger partial charge is 0.324 e. The van der Waals surface area contributed by atoms with Gasteiger partial charge in [0.15, 0.2) is 46.6 Å². The van der Waals surface area contributed by atoms with Gasteiger partial charge in [-0.3, -0.25) is 0 Å². The third-order valence-corrected chi connectivity index (χ3v) is 16.7. The van der Waals surface area contributed by atoms with Crippen molar-refractivity contribution in [2.24, 2.45) is 0 Å². The van der Waals surface area contributed by atoms with Crippen molar-refractivity contribution in [3.8, 4) is 113 Å². The number of rotatable bonds is 2. The van der Waals surface area contributed by atoms with Gasteiger partial charge in [-0.2, -0.15) is 0 Å². The van der Waals surface area contributed by atoms with Crippen LogP contribution < -0.4 is 0 Å². The van der Waals surface area contributed by atoms with Gasteiger partial charge in [0.1, 0.15) is 45.2 Å². The van der Waals surface area contributed by atoms with Gasteiger partial charge in [-0.15, -0.1) is 0 Å². The summed E-state index contributed by atoms with van der Waals surface area (Å²) < 4.78 is 0. The molecule has 16 bridgehead atoms. The molecule has 15 aromatic rings. The third kappa shape index (κ3) is 7.04. The summed E-state index contributed by atoms with van der Waals surface area (Å²) in [5.41, 5.74) is 16.1. The Morgan fingerprint density at radius 3 is 0.581 bits per heavy atom. The third-order valence-electron chi connectivity index (χ3n) is 16.7. The lowest BCUT2D eigenvalue weighted by Crippen LogP contribution is -1.87. The Kier molecular flexibility index (Phi) is 9.48. The van der Waals surface area contributed by atoms with Crippen LogP contribution in [0.4, 0.5) is 0 Å². The van der Waals surface area contributed by atoms with Gasteiger partial charge >= 0.3 is 0 Å². The predicted octanol–water partition coefficient (Wildman–Crippen LogP) is 15.4. The molecule has 0 spiro atoms. The van der Waals surface area contributed by atoms with Crippen LogP contribution in [-0.2, 0) is 0 Å². The predicted molar refractivity (Wildman–Crippen MR) is 337 cm³/mol. The Labute approximate surface area is 485 Å². The zero-order chi connectivity index (χ0) is 56.1. The molecule has 6 aromatic heterocycles. The lowest BCUT2D eigenvalue weighted by molar-refractivity contribution is 1.19. The quantitative estimate of drug-likeness (QED) is 0.127. The van der Waals surface area contributed by atoms with Gasteiger partial charge in [0.2, 0.25) is 0 Å². The van der Waals surface area contributed by atoms with Crippen molar-refractivity contribution >= 4 is 88.3 Å². The number of nitrogens with one attached hydrogen (secondary N) is 4. The van der Waals surface area contributed by atoms with Crippen LogP contribution in [0.2, 0.25) is 0 Å². The van der Waals surface area contributed by atoms with Gasteiger partial charge in [-0.25, -0.2) is 59.8 Å². The van der Waals surface area contributed by atoms with E-state index in [9.17, 15) is 0 Å². The first kappa shape index (κ1) is 46.3. The first-order chi connectivity index (χ1) is 42.5. The number of hydrogen-bond donors (Lipinski definition) is 4. The minimum Gasteiger partial charge on any atom is -0.324 e. The van der Waals surface area contributed by atoms with Gasteiger partial charge in [-0.05, 0) is 46.5 Å². The van der Waals surface area contributed by atoms with Crippen LogP contribution in [0.1, 0.15) is 0 Å². The molecule has 4 N–H and O–H groups in total. The summed E-state index contributed by atoms with van der Waals surface area (Å²) in [5, 5.41) is 7.27. The maximum Gasteiger partial charge on any atom is 0.164 e. The first-order valence-electron chi connectivity index (χ1n) is 28.1. The number of aromatic amines is 4. The highest BCUT2D eigenvalue weighted by molar-refractivity contribution is 6.08. The van der Waals surface area contributed by atoms with E-state index in [-0.39, 0.29) is 0 Å². The van der Waals surface area contributed by atoms with E-state index in [1.807, 2.05) is 146 Å². The van der Waals surface area contributed by atoms with E-state index in [4.69, 9.17) is 59.8 Å². The second kappa shape index (κ2) is 17.6. The Hall–Kier alpha value is -12.3. The summed E-state index contributed by atoms with van der Waals surface area (Å²) >= 11 is 0. The molecule has 0 aliphatic carbocycles. The van der Waals surface area contributed by atoms with Crippen molar-refractivity contribution in [2.45, 2.75) is 0 Å². The maximum absolute atomic E-state index is 5.31. The maximum atomic E-state index is 5.31. The molecule has 0 amide bonds. The molecule has 16 heteroatoms. The average molecular weight is 1100 g/mol. The zero-order valence-electron chi connectivity index (χ0n) is 45.0. The molecular weight excluding hydrogens is 1060 g/mol. The summed E-state index contributed by atoms with van der Waals surface area (Å²) in [6.07, 6.45) is 0. The van der Waals surface area contributed by atoms with Crippen molar-refractivity contribution in [3.63, 3.8) is 0 Å². The second-order valence-corrected chi connectivity index (χ2v) is 21.6. The molecule has 86 heavy (non-hydrogen) atoms. The number of H-pyrrole nitrogens is 4. The number of fused-ring (bicyclic) bond motifs is 40.